The van der Waals surface area contributed by atoms with Crippen LogP contribution in [-0.4, -0.2) is 16.1 Å². The minimum Gasteiger partial charge on any atom is -0.399 e. The molecule has 1 aliphatic rings. The second-order valence-electron chi connectivity index (χ2n) is 7.44. The van der Waals surface area contributed by atoms with E-state index in [9.17, 15) is 14.0 Å². The fraction of sp³-hybridized carbons (Fsp3) is 0.130. The number of hydrogen-bond acceptors (Lipinski definition) is 3. The van der Waals surface area contributed by atoms with Crippen molar-refractivity contribution in [2.24, 2.45) is 5.92 Å². The number of anilines is 3. The highest BCUT2D eigenvalue weighted by atomic mass is 35.5. The standard InChI is InChI=1S/C23H17Cl3FN3O2/c24-18-10-9-16(11-17(18)21(31)29-15-7-3-13(27)4-8-15)30-22(32)20-19(23(20,25)26)12-1-5-14(28)6-2-12/h1-11,19-20H,28H2,(H,29,31)(H,30,32). The molecule has 0 spiro atoms. The van der Waals surface area contributed by atoms with Crippen LogP contribution in [0.25, 0.3) is 0 Å². The molecular weight excluding hydrogens is 476 g/mol. The van der Waals surface area contributed by atoms with Crippen LogP contribution < -0.4 is 16.4 Å². The Morgan fingerprint density at radius 1 is 0.906 bits per heavy atom. The molecule has 1 saturated carbocycles. The van der Waals surface area contributed by atoms with Crippen molar-refractivity contribution in [2.75, 3.05) is 16.4 Å². The second kappa shape index (κ2) is 8.62. The van der Waals surface area contributed by atoms with Crippen molar-refractivity contribution in [3.8, 4) is 0 Å². The number of nitrogens with one attached hydrogen (secondary N) is 2. The molecular formula is C23H17Cl3FN3O2. The number of benzene rings is 3. The molecule has 0 aliphatic heterocycles. The van der Waals surface area contributed by atoms with Gasteiger partial charge in [-0.15, -0.1) is 23.2 Å². The molecule has 2 unspecified atom stereocenters. The second-order valence-corrected chi connectivity index (χ2v) is 9.29. The van der Waals surface area contributed by atoms with Gasteiger partial charge in [0.05, 0.1) is 16.5 Å². The summed E-state index contributed by atoms with van der Waals surface area (Å²) < 4.78 is 11.8. The first-order valence-corrected chi connectivity index (χ1v) is 10.7. The van der Waals surface area contributed by atoms with E-state index in [-0.39, 0.29) is 22.4 Å². The average molecular weight is 493 g/mol. The lowest BCUT2D eigenvalue weighted by Gasteiger charge is -2.10. The molecule has 3 aromatic carbocycles. The number of amides is 2. The summed E-state index contributed by atoms with van der Waals surface area (Å²) in [6, 6.07) is 16.8. The first-order valence-electron chi connectivity index (χ1n) is 9.57. The summed E-state index contributed by atoms with van der Waals surface area (Å²) in [5.74, 6) is -2.38. The Kier molecular flexibility index (Phi) is 6.03. The quantitative estimate of drug-likeness (QED) is 0.309. The van der Waals surface area contributed by atoms with Crippen LogP contribution in [0.5, 0.6) is 0 Å². The minimum atomic E-state index is -1.25. The third-order valence-electron chi connectivity index (χ3n) is 5.21. The number of rotatable bonds is 5. The van der Waals surface area contributed by atoms with Gasteiger partial charge < -0.3 is 16.4 Å². The van der Waals surface area contributed by atoms with E-state index in [1.165, 1.54) is 36.4 Å². The van der Waals surface area contributed by atoms with Gasteiger partial charge >= 0.3 is 0 Å². The van der Waals surface area contributed by atoms with E-state index in [4.69, 9.17) is 40.5 Å². The highest BCUT2D eigenvalue weighted by molar-refractivity contribution is 6.53. The maximum Gasteiger partial charge on any atom is 0.257 e. The van der Waals surface area contributed by atoms with Crippen LogP contribution in [-0.2, 0) is 4.79 Å². The van der Waals surface area contributed by atoms with E-state index in [1.54, 1.807) is 30.3 Å². The summed E-state index contributed by atoms with van der Waals surface area (Å²) in [5.41, 5.74) is 8.01. The first kappa shape index (κ1) is 22.4. The van der Waals surface area contributed by atoms with E-state index in [2.05, 4.69) is 10.6 Å². The third kappa shape index (κ3) is 4.53. The number of carbonyl (C=O) groups excluding carboxylic acids is 2. The molecule has 3 aromatic rings. The molecule has 9 heteroatoms. The smallest absolute Gasteiger partial charge is 0.257 e. The van der Waals surface area contributed by atoms with Crippen molar-refractivity contribution in [3.05, 3.63) is 88.7 Å². The number of nitrogen functional groups attached to an aromatic ring is 1. The molecule has 1 fully saturated rings. The van der Waals surface area contributed by atoms with Crippen LogP contribution in [0.1, 0.15) is 21.8 Å². The van der Waals surface area contributed by atoms with E-state index in [1.807, 2.05) is 0 Å². The van der Waals surface area contributed by atoms with Crippen LogP contribution in [0.3, 0.4) is 0 Å². The highest BCUT2D eigenvalue weighted by Crippen LogP contribution is 2.65. The Balaban J connectivity index is 1.49. The molecule has 32 heavy (non-hydrogen) atoms. The summed E-state index contributed by atoms with van der Waals surface area (Å²) in [7, 11) is 0. The lowest BCUT2D eigenvalue weighted by Crippen LogP contribution is -2.18. The Bertz CT molecular complexity index is 1180. The van der Waals surface area contributed by atoms with Gasteiger partial charge in [-0.25, -0.2) is 4.39 Å². The summed E-state index contributed by atoms with van der Waals surface area (Å²) in [4.78, 5) is 25.5. The van der Waals surface area contributed by atoms with Crippen molar-refractivity contribution in [1.29, 1.82) is 0 Å². The zero-order valence-corrected chi connectivity index (χ0v) is 18.7. The zero-order valence-electron chi connectivity index (χ0n) is 16.4. The van der Waals surface area contributed by atoms with Gasteiger partial charge in [-0.3, -0.25) is 9.59 Å². The molecule has 0 heterocycles. The predicted octanol–water partition coefficient (Wildman–Crippen LogP) is 5.84. The molecule has 164 valence electrons. The van der Waals surface area contributed by atoms with Crippen LogP contribution in [0.15, 0.2) is 66.7 Å². The van der Waals surface area contributed by atoms with Gasteiger partial charge in [0.15, 0.2) is 0 Å². The average Bonchev–Trinajstić information content (AvgIpc) is 3.33. The summed E-state index contributed by atoms with van der Waals surface area (Å²) in [6.07, 6.45) is 0. The Labute approximate surface area is 198 Å². The number of hydrogen-bond donors (Lipinski definition) is 3. The van der Waals surface area contributed by atoms with Gasteiger partial charge in [0, 0.05) is 23.0 Å². The van der Waals surface area contributed by atoms with Crippen LogP contribution in [0, 0.1) is 11.7 Å². The SMILES string of the molecule is Nc1ccc(C2C(C(=O)Nc3ccc(Cl)c(C(=O)Nc4ccc(F)cc4)c3)C2(Cl)Cl)cc1. The molecule has 4 rings (SSSR count). The maximum atomic E-state index is 13.1. The molecule has 0 saturated heterocycles. The number of alkyl halides is 2. The summed E-state index contributed by atoms with van der Waals surface area (Å²) >= 11 is 18.9. The fourth-order valence-corrected chi connectivity index (χ4v) is 4.53. The highest BCUT2D eigenvalue weighted by Gasteiger charge is 2.67. The van der Waals surface area contributed by atoms with Gasteiger partial charge in [-0.1, -0.05) is 23.7 Å². The lowest BCUT2D eigenvalue weighted by molar-refractivity contribution is -0.117. The first-order chi connectivity index (χ1) is 15.2. The Hall–Kier alpha value is -2.80. The number of nitrogens with two attached hydrogens (primary N) is 1. The lowest BCUT2D eigenvalue weighted by atomic mass is 10.1. The topological polar surface area (TPSA) is 84.2 Å². The van der Waals surface area contributed by atoms with E-state index < -0.39 is 22.0 Å². The normalized spacial score (nSPS) is 18.6. The molecule has 1 aliphatic carbocycles. The number of carbonyl (C=O) groups is 2. The van der Waals surface area contributed by atoms with Gasteiger partial charge in [0.1, 0.15) is 10.2 Å². The third-order valence-corrected chi connectivity index (χ3v) is 6.48. The zero-order chi connectivity index (χ0) is 23.0. The molecule has 5 nitrogen and oxygen atoms in total. The number of halogens is 4. The molecule has 4 N–H and O–H groups in total. The van der Waals surface area contributed by atoms with E-state index in [0.717, 1.165) is 5.56 Å². The monoisotopic (exact) mass is 491 g/mol. The van der Waals surface area contributed by atoms with Gasteiger partial charge in [-0.05, 0) is 60.2 Å². The van der Waals surface area contributed by atoms with Crippen molar-refractivity contribution in [3.63, 3.8) is 0 Å². The van der Waals surface area contributed by atoms with Gasteiger partial charge in [0.25, 0.3) is 5.91 Å². The largest absolute Gasteiger partial charge is 0.399 e. The van der Waals surface area contributed by atoms with Crippen molar-refractivity contribution < 1.29 is 14.0 Å². The Morgan fingerprint density at radius 2 is 1.53 bits per heavy atom. The molecule has 2 amide bonds. The van der Waals surface area contributed by atoms with Crippen molar-refractivity contribution in [1.82, 2.24) is 0 Å². The molecule has 0 aromatic heterocycles. The van der Waals surface area contributed by atoms with E-state index >= 15 is 0 Å². The van der Waals surface area contributed by atoms with Crippen LogP contribution in [0.2, 0.25) is 5.02 Å². The maximum absolute atomic E-state index is 13.1. The fourth-order valence-electron chi connectivity index (χ4n) is 3.50. The van der Waals surface area contributed by atoms with Crippen molar-refractivity contribution in [2.45, 2.75) is 10.3 Å². The Morgan fingerprint density at radius 3 is 2.19 bits per heavy atom. The minimum absolute atomic E-state index is 0.141. The van der Waals surface area contributed by atoms with Crippen LogP contribution in [0.4, 0.5) is 21.5 Å². The van der Waals surface area contributed by atoms with Gasteiger partial charge in [0.2, 0.25) is 5.91 Å². The van der Waals surface area contributed by atoms with Gasteiger partial charge in [-0.2, -0.15) is 0 Å². The van der Waals surface area contributed by atoms with Crippen LogP contribution >= 0.6 is 34.8 Å². The molecule has 0 bridgehead atoms. The summed E-state index contributed by atoms with van der Waals surface area (Å²) in [5, 5.41) is 5.57. The summed E-state index contributed by atoms with van der Waals surface area (Å²) in [6.45, 7) is 0. The molecule has 0 radical (unpaired) electrons. The predicted molar refractivity (Wildman–Crippen MR) is 126 cm³/mol. The van der Waals surface area contributed by atoms with Crippen molar-refractivity contribution >= 4 is 63.7 Å². The molecule has 2 atom stereocenters. The van der Waals surface area contributed by atoms with E-state index in [0.29, 0.717) is 17.1 Å².